The minimum absolute atomic E-state index is 0.272. The first-order valence-electron chi connectivity index (χ1n) is 13.0. The van der Waals surface area contributed by atoms with Crippen molar-refractivity contribution in [2.45, 2.75) is 70.6 Å². The Morgan fingerprint density at radius 3 is 2.08 bits per heavy atom. The van der Waals surface area contributed by atoms with Crippen LogP contribution in [0.15, 0.2) is 72.1 Å². The van der Waals surface area contributed by atoms with E-state index in [1.54, 1.807) is 25.2 Å². The van der Waals surface area contributed by atoms with E-state index in [0.29, 0.717) is 0 Å². The SMILES string of the molecule is CC(C)(C)N(c1cc2ccccc2s1)[C@@](C)(C(=O)O)c1cccs1.C[C@H](NC1Cc2ccccc2C1)C(=O)O. The smallest absolute Gasteiger partial charge is 0.334 e. The Morgan fingerprint density at radius 2 is 1.56 bits per heavy atom. The van der Waals surface area contributed by atoms with Gasteiger partial charge < -0.3 is 20.4 Å². The number of hydrogen-bond acceptors (Lipinski definition) is 6. The lowest BCUT2D eigenvalue weighted by atomic mass is 9.91. The molecule has 0 radical (unpaired) electrons. The van der Waals surface area contributed by atoms with Crippen molar-refractivity contribution in [2.24, 2.45) is 0 Å². The Balaban J connectivity index is 0.000000202. The summed E-state index contributed by atoms with van der Waals surface area (Å²) in [6.07, 6.45) is 1.88. The van der Waals surface area contributed by atoms with Gasteiger partial charge in [-0.3, -0.25) is 4.79 Å². The number of benzene rings is 2. The van der Waals surface area contributed by atoms with E-state index in [9.17, 15) is 14.7 Å². The molecule has 2 aromatic carbocycles. The molecule has 0 saturated heterocycles. The summed E-state index contributed by atoms with van der Waals surface area (Å²) in [5.74, 6) is -1.62. The van der Waals surface area contributed by atoms with Crippen molar-refractivity contribution in [1.82, 2.24) is 5.32 Å². The predicted octanol–water partition coefficient (Wildman–Crippen LogP) is 6.78. The van der Waals surface area contributed by atoms with Gasteiger partial charge in [-0.2, -0.15) is 0 Å². The van der Waals surface area contributed by atoms with Crippen LogP contribution in [-0.4, -0.2) is 39.8 Å². The normalized spacial score (nSPS) is 15.6. The van der Waals surface area contributed by atoms with Crippen LogP contribution in [0, 0.1) is 0 Å². The number of carboxylic acids is 2. The van der Waals surface area contributed by atoms with Crippen molar-refractivity contribution in [3.63, 3.8) is 0 Å². The van der Waals surface area contributed by atoms with Crippen LogP contribution >= 0.6 is 22.7 Å². The summed E-state index contributed by atoms with van der Waals surface area (Å²) in [7, 11) is 0. The zero-order chi connectivity index (χ0) is 28.4. The largest absolute Gasteiger partial charge is 0.480 e. The van der Waals surface area contributed by atoms with Crippen LogP contribution in [0.2, 0.25) is 0 Å². The lowest BCUT2D eigenvalue weighted by Gasteiger charge is -2.46. The Morgan fingerprint density at radius 1 is 0.949 bits per heavy atom. The number of nitrogens with one attached hydrogen (secondary N) is 1. The molecule has 3 N–H and O–H groups in total. The number of carbonyl (C=O) groups is 2. The van der Waals surface area contributed by atoms with Crippen LogP contribution in [0.3, 0.4) is 0 Å². The zero-order valence-corrected chi connectivity index (χ0v) is 24.6. The highest BCUT2D eigenvalue weighted by atomic mass is 32.1. The van der Waals surface area contributed by atoms with Crippen LogP contribution in [0.5, 0.6) is 0 Å². The van der Waals surface area contributed by atoms with Gasteiger partial charge in [-0.1, -0.05) is 48.5 Å². The Labute approximate surface area is 237 Å². The molecule has 0 saturated carbocycles. The van der Waals surface area contributed by atoms with Crippen LogP contribution < -0.4 is 10.2 Å². The highest BCUT2D eigenvalue weighted by Gasteiger charge is 2.47. The first-order valence-corrected chi connectivity index (χ1v) is 14.7. The summed E-state index contributed by atoms with van der Waals surface area (Å²) in [6, 6.07) is 22.2. The molecule has 5 rings (SSSR count). The number of anilines is 1. The maximum atomic E-state index is 12.4. The second-order valence-electron chi connectivity index (χ2n) is 11.1. The fourth-order valence-electron chi connectivity index (χ4n) is 5.27. The van der Waals surface area contributed by atoms with Crippen molar-refractivity contribution < 1.29 is 19.8 Å². The van der Waals surface area contributed by atoms with Crippen molar-refractivity contribution in [3.8, 4) is 0 Å². The Hall–Kier alpha value is -3.20. The molecule has 2 heterocycles. The van der Waals surface area contributed by atoms with Gasteiger partial charge in [0.15, 0.2) is 5.54 Å². The number of hydrogen-bond donors (Lipinski definition) is 3. The average Bonchev–Trinajstić information content (AvgIpc) is 3.62. The molecule has 1 aliphatic carbocycles. The second kappa shape index (κ2) is 11.5. The molecule has 4 aromatic rings. The molecular weight excluding hydrogens is 528 g/mol. The molecular formula is C31H36N2O4S2. The summed E-state index contributed by atoms with van der Waals surface area (Å²) in [6.45, 7) is 9.67. The molecule has 2 atom stereocenters. The number of carboxylic acid groups (broad SMARTS) is 2. The molecule has 0 aliphatic heterocycles. The van der Waals surface area contributed by atoms with Gasteiger partial charge in [-0.15, -0.1) is 22.7 Å². The monoisotopic (exact) mass is 564 g/mol. The van der Waals surface area contributed by atoms with Gasteiger partial charge in [0.2, 0.25) is 0 Å². The van der Waals surface area contributed by atoms with Crippen LogP contribution in [0.25, 0.3) is 10.1 Å². The Kier molecular flexibility index (Phi) is 8.49. The van der Waals surface area contributed by atoms with Crippen LogP contribution in [-0.2, 0) is 28.0 Å². The van der Waals surface area contributed by atoms with E-state index < -0.39 is 23.5 Å². The number of nitrogens with zero attached hydrogens (tertiary/aromatic N) is 1. The van der Waals surface area contributed by atoms with E-state index in [2.05, 4.69) is 56.4 Å². The third-order valence-corrected chi connectivity index (χ3v) is 9.26. The Bertz CT molecular complexity index is 1380. The summed E-state index contributed by atoms with van der Waals surface area (Å²) in [4.78, 5) is 25.9. The van der Waals surface area contributed by atoms with Crippen LogP contribution in [0.4, 0.5) is 5.00 Å². The summed E-state index contributed by atoms with van der Waals surface area (Å²) in [5.41, 5.74) is 1.21. The first kappa shape index (κ1) is 28.8. The van der Waals surface area contributed by atoms with Gasteiger partial charge in [0.05, 0.1) is 5.00 Å². The van der Waals surface area contributed by atoms with E-state index in [0.717, 1.165) is 28.1 Å². The maximum absolute atomic E-state index is 12.4. The highest BCUT2D eigenvalue weighted by Crippen LogP contribution is 2.45. The summed E-state index contributed by atoms with van der Waals surface area (Å²) >= 11 is 3.13. The van der Waals surface area contributed by atoms with Crippen molar-refractivity contribution in [2.75, 3.05) is 4.90 Å². The zero-order valence-electron chi connectivity index (χ0n) is 23.0. The second-order valence-corrected chi connectivity index (χ2v) is 13.1. The maximum Gasteiger partial charge on any atom is 0.334 e. The number of thiophene rings is 2. The highest BCUT2D eigenvalue weighted by molar-refractivity contribution is 7.22. The molecule has 0 bridgehead atoms. The van der Waals surface area contributed by atoms with Gasteiger partial charge in [0.25, 0.3) is 0 Å². The third kappa shape index (κ3) is 6.19. The molecule has 8 heteroatoms. The number of rotatable bonds is 7. The third-order valence-electron chi connectivity index (χ3n) is 7.08. The van der Waals surface area contributed by atoms with Crippen molar-refractivity contribution in [3.05, 3.63) is 88.1 Å². The van der Waals surface area contributed by atoms with E-state index in [4.69, 9.17) is 5.11 Å². The minimum atomic E-state index is -1.12. The van der Waals surface area contributed by atoms with Gasteiger partial charge in [-0.25, -0.2) is 4.79 Å². The van der Waals surface area contributed by atoms with Gasteiger partial charge in [0.1, 0.15) is 6.04 Å². The van der Waals surface area contributed by atoms with Gasteiger partial charge >= 0.3 is 11.9 Å². The molecule has 6 nitrogen and oxygen atoms in total. The minimum Gasteiger partial charge on any atom is -0.480 e. The molecule has 0 fully saturated rings. The molecule has 0 spiro atoms. The first-order chi connectivity index (χ1) is 18.4. The molecule has 0 amide bonds. The van der Waals surface area contributed by atoms with E-state index in [-0.39, 0.29) is 11.6 Å². The molecule has 39 heavy (non-hydrogen) atoms. The lowest BCUT2D eigenvalue weighted by Crippen LogP contribution is -2.57. The van der Waals surface area contributed by atoms with Crippen molar-refractivity contribution >= 4 is 49.7 Å². The predicted molar refractivity (Wildman–Crippen MR) is 161 cm³/mol. The van der Waals surface area contributed by atoms with E-state index >= 15 is 0 Å². The summed E-state index contributed by atoms with van der Waals surface area (Å²) < 4.78 is 1.17. The van der Waals surface area contributed by atoms with E-state index in [1.165, 1.54) is 27.2 Å². The molecule has 0 unspecified atom stereocenters. The van der Waals surface area contributed by atoms with Gasteiger partial charge in [0, 0.05) is 21.2 Å². The number of aliphatic carboxylic acids is 2. The fourth-order valence-corrected chi connectivity index (χ4v) is 7.49. The molecule has 2 aromatic heterocycles. The summed E-state index contributed by atoms with van der Waals surface area (Å²) in [5, 5.41) is 26.1. The number of fused-ring (bicyclic) bond motifs is 2. The molecule has 206 valence electrons. The van der Waals surface area contributed by atoms with Crippen LogP contribution in [0.1, 0.15) is 50.6 Å². The standard InChI is InChI=1S/C19H21NO2S2.C12H15NO2/c1-18(2,3)20(16-12-13-8-5-6-9-14(13)24-16)19(4,17(21)22)15-10-7-11-23-15;1-8(12(14)15)13-11-6-9-4-2-3-5-10(9)7-11/h5-12H,1-4H3,(H,21,22);2-5,8,11,13H,6-7H2,1H3,(H,14,15)/t19-;8-/m10/s1. The average molecular weight is 565 g/mol. The topological polar surface area (TPSA) is 89.9 Å². The van der Waals surface area contributed by atoms with Crippen molar-refractivity contribution in [1.29, 1.82) is 0 Å². The van der Waals surface area contributed by atoms with Gasteiger partial charge in [-0.05, 0) is 87.6 Å². The molecule has 1 aliphatic rings. The van der Waals surface area contributed by atoms with E-state index in [1.807, 2.05) is 46.7 Å². The fraction of sp³-hybridized carbons (Fsp3) is 0.355. The lowest BCUT2D eigenvalue weighted by molar-refractivity contribution is -0.143. The quantitative estimate of drug-likeness (QED) is 0.229.